The molecule has 0 aliphatic heterocycles. The summed E-state index contributed by atoms with van der Waals surface area (Å²) in [5.74, 6) is 4.45. The zero-order chi connectivity index (χ0) is 13.3. The lowest BCUT2D eigenvalue weighted by Gasteiger charge is -2.34. The fourth-order valence-electron chi connectivity index (χ4n) is 2.91. The van der Waals surface area contributed by atoms with E-state index in [2.05, 4.69) is 21.4 Å². The number of rotatable bonds is 3. The molecule has 0 radical (unpaired) electrons. The van der Waals surface area contributed by atoms with Crippen LogP contribution in [0.1, 0.15) is 44.2 Å². The second-order valence-corrected chi connectivity index (χ2v) is 6.07. The van der Waals surface area contributed by atoms with Gasteiger partial charge in [-0.3, -0.25) is 11.3 Å². The molecule has 0 saturated heterocycles. The van der Waals surface area contributed by atoms with Gasteiger partial charge in [-0.1, -0.05) is 19.8 Å². The van der Waals surface area contributed by atoms with E-state index in [9.17, 15) is 8.78 Å². The number of hydrogen-bond acceptors (Lipinski definition) is 2. The summed E-state index contributed by atoms with van der Waals surface area (Å²) in [6.07, 6.45) is 4.00. The zero-order valence-electron chi connectivity index (χ0n) is 10.3. The van der Waals surface area contributed by atoms with Crippen LogP contribution in [0.15, 0.2) is 16.6 Å². The molecule has 0 bridgehead atoms. The molecule has 18 heavy (non-hydrogen) atoms. The van der Waals surface area contributed by atoms with E-state index in [1.807, 2.05) is 6.92 Å². The first kappa shape index (κ1) is 13.9. The predicted octanol–water partition coefficient (Wildman–Crippen LogP) is 3.81. The van der Waals surface area contributed by atoms with E-state index in [0.717, 1.165) is 25.7 Å². The van der Waals surface area contributed by atoms with Gasteiger partial charge in [-0.25, -0.2) is 8.78 Å². The first-order valence-electron chi connectivity index (χ1n) is 6.09. The Morgan fingerprint density at radius 3 is 2.50 bits per heavy atom. The average Bonchev–Trinajstić information content (AvgIpc) is 2.77. The van der Waals surface area contributed by atoms with Crippen molar-refractivity contribution in [3.8, 4) is 0 Å². The van der Waals surface area contributed by atoms with Gasteiger partial charge in [0.05, 0.1) is 10.5 Å². The van der Waals surface area contributed by atoms with Gasteiger partial charge in [0.25, 0.3) is 0 Å². The lowest BCUT2D eigenvalue weighted by Crippen LogP contribution is -2.39. The topological polar surface area (TPSA) is 38.0 Å². The Morgan fingerprint density at radius 2 is 1.94 bits per heavy atom. The van der Waals surface area contributed by atoms with Gasteiger partial charge in [0.1, 0.15) is 11.6 Å². The normalized spacial score (nSPS) is 20.1. The van der Waals surface area contributed by atoms with Gasteiger partial charge >= 0.3 is 0 Å². The van der Waals surface area contributed by atoms with Crippen LogP contribution in [-0.2, 0) is 0 Å². The molecule has 100 valence electrons. The average molecular weight is 319 g/mol. The minimum Gasteiger partial charge on any atom is -0.271 e. The van der Waals surface area contributed by atoms with Gasteiger partial charge in [0, 0.05) is 5.56 Å². The molecule has 1 aromatic rings. The number of nitrogens with one attached hydrogen (secondary N) is 1. The first-order valence-corrected chi connectivity index (χ1v) is 6.88. The summed E-state index contributed by atoms with van der Waals surface area (Å²) in [4.78, 5) is 0. The third-order valence-corrected chi connectivity index (χ3v) is 4.59. The highest BCUT2D eigenvalue weighted by Gasteiger charge is 2.40. The summed E-state index contributed by atoms with van der Waals surface area (Å²) in [5.41, 5.74) is 2.45. The molecule has 0 heterocycles. The summed E-state index contributed by atoms with van der Waals surface area (Å²) >= 11 is 3.09. The second-order valence-electron chi connectivity index (χ2n) is 5.22. The van der Waals surface area contributed by atoms with Crippen LogP contribution < -0.4 is 11.3 Å². The van der Waals surface area contributed by atoms with E-state index < -0.39 is 17.7 Å². The Kier molecular flexibility index (Phi) is 4.04. The van der Waals surface area contributed by atoms with Gasteiger partial charge in [-0.2, -0.15) is 0 Å². The molecule has 1 unspecified atom stereocenters. The quantitative estimate of drug-likeness (QED) is 0.505. The van der Waals surface area contributed by atoms with E-state index in [-0.39, 0.29) is 15.5 Å². The summed E-state index contributed by atoms with van der Waals surface area (Å²) < 4.78 is 28.3. The number of hydrazine groups is 1. The number of nitrogens with two attached hydrogens (primary N) is 1. The van der Waals surface area contributed by atoms with Crippen molar-refractivity contribution in [3.63, 3.8) is 0 Å². The van der Waals surface area contributed by atoms with Crippen LogP contribution in [0.4, 0.5) is 8.78 Å². The summed E-state index contributed by atoms with van der Waals surface area (Å²) in [5, 5.41) is 0. The third-order valence-electron chi connectivity index (χ3n) is 3.98. The number of benzene rings is 1. The van der Waals surface area contributed by atoms with Gasteiger partial charge in [0.2, 0.25) is 0 Å². The molecule has 0 aromatic heterocycles. The molecule has 1 aromatic carbocycles. The molecule has 1 saturated carbocycles. The Labute approximate surface area is 114 Å². The Bertz CT molecular complexity index is 445. The van der Waals surface area contributed by atoms with Crippen LogP contribution in [0.5, 0.6) is 0 Å². The lowest BCUT2D eigenvalue weighted by molar-refractivity contribution is 0.214. The monoisotopic (exact) mass is 318 g/mol. The van der Waals surface area contributed by atoms with Crippen molar-refractivity contribution in [2.45, 2.75) is 38.6 Å². The number of halogens is 3. The standard InChI is InChI=1S/C13H17BrF2N2/c1-13(6-2-3-7-13)12(18-17)10-9(15)5-4-8(14)11(10)16/h4-5,12,18H,2-3,6-7,17H2,1H3. The lowest BCUT2D eigenvalue weighted by atomic mass is 9.77. The van der Waals surface area contributed by atoms with E-state index in [1.165, 1.54) is 12.1 Å². The zero-order valence-corrected chi connectivity index (χ0v) is 11.9. The summed E-state index contributed by atoms with van der Waals surface area (Å²) in [6.45, 7) is 2.03. The van der Waals surface area contributed by atoms with Crippen LogP contribution in [0, 0.1) is 17.0 Å². The van der Waals surface area contributed by atoms with Gasteiger partial charge in [0.15, 0.2) is 0 Å². The Balaban J connectivity index is 2.48. The van der Waals surface area contributed by atoms with Gasteiger partial charge in [-0.05, 0) is 46.3 Å². The molecule has 1 aliphatic carbocycles. The molecule has 3 N–H and O–H groups in total. The van der Waals surface area contributed by atoms with E-state index in [4.69, 9.17) is 5.84 Å². The molecule has 1 aliphatic rings. The van der Waals surface area contributed by atoms with Crippen molar-refractivity contribution in [1.29, 1.82) is 0 Å². The van der Waals surface area contributed by atoms with Gasteiger partial charge < -0.3 is 0 Å². The maximum atomic E-state index is 14.1. The molecular formula is C13H17BrF2N2. The SMILES string of the molecule is CC1(C(NN)c2c(F)ccc(Br)c2F)CCCC1. The maximum Gasteiger partial charge on any atom is 0.145 e. The molecule has 5 heteroatoms. The van der Waals surface area contributed by atoms with Crippen LogP contribution in [-0.4, -0.2) is 0 Å². The molecule has 0 amide bonds. The first-order chi connectivity index (χ1) is 8.49. The van der Waals surface area contributed by atoms with E-state index in [1.54, 1.807) is 0 Å². The van der Waals surface area contributed by atoms with Crippen molar-refractivity contribution in [2.24, 2.45) is 11.3 Å². The fourth-order valence-corrected chi connectivity index (χ4v) is 3.26. The molecule has 2 nitrogen and oxygen atoms in total. The highest BCUT2D eigenvalue weighted by atomic mass is 79.9. The van der Waals surface area contributed by atoms with Crippen molar-refractivity contribution in [1.82, 2.24) is 5.43 Å². The molecular weight excluding hydrogens is 302 g/mol. The van der Waals surface area contributed by atoms with Crippen LogP contribution in [0.25, 0.3) is 0 Å². The summed E-state index contributed by atoms with van der Waals surface area (Å²) in [6, 6.07) is 2.14. The van der Waals surface area contributed by atoms with Gasteiger partial charge in [-0.15, -0.1) is 0 Å². The van der Waals surface area contributed by atoms with Crippen molar-refractivity contribution >= 4 is 15.9 Å². The fraction of sp³-hybridized carbons (Fsp3) is 0.538. The minimum atomic E-state index is -0.564. The second kappa shape index (κ2) is 5.23. The maximum absolute atomic E-state index is 14.1. The predicted molar refractivity (Wildman–Crippen MR) is 70.7 cm³/mol. The van der Waals surface area contributed by atoms with E-state index >= 15 is 0 Å². The van der Waals surface area contributed by atoms with Crippen molar-refractivity contribution < 1.29 is 8.78 Å². The highest BCUT2D eigenvalue weighted by molar-refractivity contribution is 9.10. The molecule has 1 fully saturated rings. The van der Waals surface area contributed by atoms with E-state index in [0.29, 0.717) is 0 Å². The largest absolute Gasteiger partial charge is 0.271 e. The van der Waals surface area contributed by atoms with Crippen LogP contribution in [0.3, 0.4) is 0 Å². The summed E-state index contributed by atoms with van der Waals surface area (Å²) in [7, 11) is 0. The van der Waals surface area contributed by atoms with Crippen LogP contribution >= 0.6 is 15.9 Å². The molecule has 1 atom stereocenters. The molecule has 0 spiro atoms. The third kappa shape index (κ3) is 2.31. The minimum absolute atomic E-state index is 0.0382. The molecule has 2 rings (SSSR count). The Morgan fingerprint density at radius 1 is 1.33 bits per heavy atom. The highest BCUT2D eigenvalue weighted by Crippen LogP contribution is 2.48. The van der Waals surface area contributed by atoms with Crippen molar-refractivity contribution in [2.75, 3.05) is 0 Å². The van der Waals surface area contributed by atoms with Crippen LogP contribution in [0.2, 0.25) is 0 Å². The Hall–Kier alpha value is -0.520. The smallest absolute Gasteiger partial charge is 0.145 e. The number of hydrogen-bond donors (Lipinski definition) is 2. The van der Waals surface area contributed by atoms with Crippen molar-refractivity contribution in [3.05, 3.63) is 33.8 Å².